The molecule has 2 aliphatic heterocycles. The highest BCUT2D eigenvalue weighted by molar-refractivity contribution is 6.31. The highest BCUT2D eigenvalue weighted by atomic mass is 35.5. The van der Waals surface area contributed by atoms with Gasteiger partial charge in [0.05, 0.1) is 23.4 Å². The molecule has 0 aromatic heterocycles. The van der Waals surface area contributed by atoms with Crippen molar-refractivity contribution in [3.05, 3.63) is 58.1 Å². The minimum Gasteiger partial charge on any atom is -0.367 e. The summed E-state index contributed by atoms with van der Waals surface area (Å²) >= 11 is 6.21. The average molecular weight is 645 g/mol. The van der Waals surface area contributed by atoms with E-state index >= 15 is 8.78 Å². The van der Waals surface area contributed by atoms with Gasteiger partial charge in [0.1, 0.15) is 6.04 Å². The van der Waals surface area contributed by atoms with Crippen molar-refractivity contribution < 1.29 is 36.3 Å². The van der Waals surface area contributed by atoms with Gasteiger partial charge in [-0.15, -0.1) is 0 Å². The fourth-order valence-electron chi connectivity index (χ4n) is 5.40. The second-order valence-corrected chi connectivity index (χ2v) is 11.3. The number of carbonyl (C=O) groups excluding carboxylic acids is 3. The maximum atomic E-state index is 15.1. The zero-order valence-electron chi connectivity index (χ0n) is 24.2. The summed E-state index contributed by atoms with van der Waals surface area (Å²) in [4.78, 5) is 42.6. The van der Waals surface area contributed by atoms with E-state index < -0.39 is 47.7 Å². The molecular formula is C29H34ClF5N6O3. The van der Waals surface area contributed by atoms with Crippen molar-refractivity contribution in [2.24, 2.45) is 0 Å². The van der Waals surface area contributed by atoms with Gasteiger partial charge in [-0.2, -0.15) is 13.2 Å². The summed E-state index contributed by atoms with van der Waals surface area (Å²) in [7, 11) is 0. The van der Waals surface area contributed by atoms with Crippen LogP contribution in [0.15, 0.2) is 30.3 Å². The number of halogens is 6. The first-order valence-electron chi connectivity index (χ1n) is 14.1. The number of piperazine rings is 2. The van der Waals surface area contributed by atoms with Crippen molar-refractivity contribution in [2.45, 2.75) is 45.1 Å². The average Bonchev–Trinajstić information content (AvgIpc) is 2.97. The number of rotatable bonds is 8. The molecule has 3 amide bonds. The van der Waals surface area contributed by atoms with Gasteiger partial charge in [0.25, 0.3) is 5.91 Å². The van der Waals surface area contributed by atoms with E-state index in [0.29, 0.717) is 43.4 Å². The van der Waals surface area contributed by atoms with Crippen LogP contribution >= 0.6 is 11.6 Å². The Kier molecular flexibility index (Phi) is 10.7. The molecule has 0 saturated carbocycles. The first kappa shape index (κ1) is 33.4. The molecule has 2 saturated heterocycles. The Labute approximate surface area is 256 Å². The Morgan fingerprint density at radius 1 is 1.07 bits per heavy atom. The lowest BCUT2D eigenvalue weighted by Crippen LogP contribution is -2.59. The van der Waals surface area contributed by atoms with E-state index in [1.165, 1.54) is 30.0 Å². The molecule has 2 aromatic rings. The van der Waals surface area contributed by atoms with Crippen molar-refractivity contribution in [3.8, 4) is 0 Å². The maximum Gasteiger partial charge on any atom is 0.390 e. The lowest BCUT2D eigenvalue weighted by atomic mass is 10.1. The Balaban J connectivity index is 1.43. The first-order valence-corrected chi connectivity index (χ1v) is 14.5. The molecule has 15 heteroatoms. The maximum absolute atomic E-state index is 15.1. The molecule has 2 atom stereocenters. The van der Waals surface area contributed by atoms with E-state index in [0.717, 1.165) is 6.07 Å². The molecule has 0 unspecified atom stereocenters. The van der Waals surface area contributed by atoms with Crippen LogP contribution in [-0.4, -0.2) is 91.6 Å². The van der Waals surface area contributed by atoms with Gasteiger partial charge in [-0.3, -0.25) is 19.3 Å². The quantitative estimate of drug-likeness (QED) is 0.379. The van der Waals surface area contributed by atoms with Gasteiger partial charge < -0.3 is 25.8 Å². The molecule has 2 aliphatic rings. The van der Waals surface area contributed by atoms with Crippen molar-refractivity contribution >= 4 is 40.7 Å². The number of hydrogen-bond acceptors (Lipinski definition) is 6. The van der Waals surface area contributed by atoms with E-state index in [2.05, 4.69) is 16.0 Å². The Hall–Kier alpha value is -3.49. The lowest BCUT2D eigenvalue weighted by Gasteiger charge is -2.41. The van der Waals surface area contributed by atoms with Crippen LogP contribution in [-0.2, 0) is 16.1 Å². The van der Waals surface area contributed by atoms with Crippen LogP contribution in [0.25, 0.3) is 0 Å². The number of hydrogen-bond donors (Lipinski definition) is 3. The van der Waals surface area contributed by atoms with Gasteiger partial charge in [0.2, 0.25) is 11.8 Å². The molecule has 240 valence electrons. The number of amides is 3. The Morgan fingerprint density at radius 3 is 2.50 bits per heavy atom. The number of nitrogens with one attached hydrogen (secondary N) is 3. The van der Waals surface area contributed by atoms with Gasteiger partial charge in [0, 0.05) is 75.9 Å². The van der Waals surface area contributed by atoms with E-state index in [-0.39, 0.29) is 42.8 Å². The molecule has 2 heterocycles. The van der Waals surface area contributed by atoms with Gasteiger partial charge >= 0.3 is 6.18 Å². The summed E-state index contributed by atoms with van der Waals surface area (Å²) in [5.74, 6) is -4.44. The predicted octanol–water partition coefficient (Wildman–Crippen LogP) is 3.77. The summed E-state index contributed by atoms with van der Waals surface area (Å²) in [6.45, 7) is 4.82. The minimum absolute atomic E-state index is 0.128. The van der Waals surface area contributed by atoms with Crippen LogP contribution in [0.5, 0.6) is 0 Å². The SMILES string of the molecule is CC(=O)N1CCNC[C@H]1C(=O)NCc1ccc(C(=O)Nc2ccc(Cl)cc2N2CCN(CCC(F)(F)F)[C@@H](C)C2)c(F)c1F. The fourth-order valence-corrected chi connectivity index (χ4v) is 5.56. The van der Waals surface area contributed by atoms with E-state index in [4.69, 9.17) is 11.6 Å². The largest absolute Gasteiger partial charge is 0.390 e. The summed E-state index contributed by atoms with van der Waals surface area (Å²) in [6, 6.07) is 5.90. The molecule has 9 nitrogen and oxygen atoms in total. The van der Waals surface area contributed by atoms with Crippen LogP contribution in [0.4, 0.5) is 33.3 Å². The van der Waals surface area contributed by atoms with Crippen molar-refractivity contribution in [2.75, 3.05) is 56.0 Å². The second-order valence-electron chi connectivity index (χ2n) is 10.9. The molecule has 44 heavy (non-hydrogen) atoms. The second kappa shape index (κ2) is 14.1. The molecule has 0 aliphatic carbocycles. The monoisotopic (exact) mass is 644 g/mol. The van der Waals surface area contributed by atoms with Crippen LogP contribution < -0.4 is 20.9 Å². The van der Waals surface area contributed by atoms with Gasteiger partial charge in [-0.25, -0.2) is 8.78 Å². The summed E-state index contributed by atoms with van der Waals surface area (Å²) in [5, 5.41) is 8.49. The number of benzene rings is 2. The van der Waals surface area contributed by atoms with Crippen LogP contribution in [0.2, 0.25) is 5.02 Å². The van der Waals surface area contributed by atoms with Gasteiger partial charge in [0.15, 0.2) is 11.6 Å². The molecule has 0 spiro atoms. The minimum atomic E-state index is -4.26. The number of alkyl halides is 3. The summed E-state index contributed by atoms with van der Waals surface area (Å²) in [6.07, 6.45) is -5.17. The zero-order chi connectivity index (χ0) is 32.2. The molecule has 0 radical (unpaired) electrons. The fraction of sp³-hybridized carbons (Fsp3) is 0.483. The van der Waals surface area contributed by atoms with Crippen molar-refractivity contribution in [1.82, 2.24) is 20.4 Å². The first-order chi connectivity index (χ1) is 20.7. The normalized spacial score (nSPS) is 19.5. The molecular weight excluding hydrogens is 611 g/mol. The third kappa shape index (κ3) is 8.16. The molecule has 2 fully saturated rings. The predicted molar refractivity (Wildman–Crippen MR) is 156 cm³/mol. The Bertz CT molecular complexity index is 1390. The molecule has 4 rings (SSSR count). The van der Waals surface area contributed by atoms with Gasteiger partial charge in [-0.1, -0.05) is 17.7 Å². The number of nitrogens with zero attached hydrogens (tertiary/aromatic N) is 3. The molecule has 0 bridgehead atoms. The third-order valence-electron chi connectivity index (χ3n) is 7.81. The summed E-state index contributed by atoms with van der Waals surface area (Å²) in [5.41, 5.74) is 0.00551. The highest BCUT2D eigenvalue weighted by Crippen LogP contribution is 2.32. The van der Waals surface area contributed by atoms with E-state index in [1.54, 1.807) is 17.9 Å². The smallest absolute Gasteiger partial charge is 0.367 e. The van der Waals surface area contributed by atoms with Crippen LogP contribution in [0, 0.1) is 11.6 Å². The van der Waals surface area contributed by atoms with E-state index in [1.807, 2.05) is 4.90 Å². The standard InChI is InChI=1S/C29H34ClF5N6O3/c1-17-16-40(12-11-39(17)9-7-29(33,34)35)23-13-20(30)4-6-22(23)38-27(43)21-5-3-19(25(31)26(21)32)14-37-28(44)24-15-36-8-10-41(24)18(2)42/h3-6,13,17,24,36H,7-12,14-16H2,1-2H3,(H,37,44)(H,38,43)/t17-,24-/m0/s1. The van der Waals surface area contributed by atoms with Crippen molar-refractivity contribution in [3.63, 3.8) is 0 Å². The van der Waals surface area contributed by atoms with Crippen LogP contribution in [0.3, 0.4) is 0 Å². The van der Waals surface area contributed by atoms with E-state index in [9.17, 15) is 27.6 Å². The lowest BCUT2D eigenvalue weighted by molar-refractivity contribution is -0.140. The number of anilines is 2. The topological polar surface area (TPSA) is 97.0 Å². The third-order valence-corrected chi connectivity index (χ3v) is 8.04. The Morgan fingerprint density at radius 2 is 1.82 bits per heavy atom. The molecule has 3 N–H and O–H groups in total. The highest BCUT2D eigenvalue weighted by Gasteiger charge is 2.32. The summed E-state index contributed by atoms with van der Waals surface area (Å²) < 4.78 is 68.3. The van der Waals surface area contributed by atoms with Crippen LogP contribution in [0.1, 0.15) is 36.2 Å². The molecule has 2 aromatic carbocycles. The van der Waals surface area contributed by atoms with Crippen molar-refractivity contribution in [1.29, 1.82) is 0 Å². The number of carbonyl (C=O) groups is 3. The zero-order valence-corrected chi connectivity index (χ0v) is 25.0. The van der Waals surface area contributed by atoms with Gasteiger partial charge in [-0.05, 0) is 31.2 Å².